The summed E-state index contributed by atoms with van der Waals surface area (Å²) in [5, 5.41) is 2.56. The number of amides is 2. The van der Waals surface area contributed by atoms with Crippen LogP contribution in [0.15, 0.2) is 54.6 Å². The maximum atomic E-state index is 14.4. The van der Waals surface area contributed by atoms with E-state index in [1.807, 2.05) is 0 Å². The molecule has 7 nitrogen and oxygen atoms in total. The molecular formula is C26H24F2N2O5. The van der Waals surface area contributed by atoms with Gasteiger partial charge in [-0.2, -0.15) is 0 Å². The van der Waals surface area contributed by atoms with E-state index in [0.29, 0.717) is 34.4 Å². The minimum Gasteiger partial charge on any atom is -0.497 e. The Labute approximate surface area is 201 Å². The van der Waals surface area contributed by atoms with Gasteiger partial charge in [-0.25, -0.2) is 8.78 Å². The van der Waals surface area contributed by atoms with Crippen LogP contribution < -0.4 is 19.5 Å². The summed E-state index contributed by atoms with van der Waals surface area (Å²) in [6, 6.07) is 12.2. The fraction of sp³-hybridized carbons (Fsp3) is 0.231. The van der Waals surface area contributed by atoms with Gasteiger partial charge in [-0.05, 0) is 47.5 Å². The number of carbonyl (C=O) groups excluding carboxylic acids is 2. The summed E-state index contributed by atoms with van der Waals surface area (Å²) in [6.07, 6.45) is 0. The Hall–Kier alpha value is -4.14. The van der Waals surface area contributed by atoms with Gasteiger partial charge in [0.1, 0.15) is 17.4 Å². The van der Waals surface area contributed by atoms with Crippen LogP contribution in [0.1, 0.15) is 33.4 Å². The SMILES string of the molecule is COc1ccc([C@H]2[C@H](C(=O)Nc3ccc(F)cc3F)c3cc(OC)c(OC)cc3C(=O)N2C)cc1. The summed E-state index contributed by atoms with van der Waals surface area (Å²) in [5.41, 5.74) is 1.15. The molecule has 0 spiro atoms. The van der Waals surface area contributed by atoms with Gasteiger partial charge in [0, 0.05) is 18.7 Å². The van der Waals surface area contributed by atoms with Crippen molar-refractivity contribution in [1.82, 2.24) is 4.90 Å². The number of rotatable bonds is 6. The normalized spacial score (nSPS) is 17.0. The third-order valence-electron chi connectivity index (χ3n) is 6.10. The lowest BCUT2D eigenvalue weighted by molar-refractivity contribution is -0.119. The Balaban J connectivity index is 1.87. The van der Waals surface area contributed by atoms with E-state index in [2.05, 4.69) is 5.32 Å². The molecule has 35 heavy (non-hydrogen) atoms. The summed E-state index contributed by atoms with van der Waals surface area (Å²) < 4.78 is 43.8. The molecule has 2 amide bonds. The van der Waals surface area contributed by atoms with Crippen molar-refractivity contribution in [1.29, 1.82) is 0 Å². The van der Waals surface area contributed by atoms with E-state index in [1.54, 1.807) is 37.4 Å². The number of anilines is 1. The number of benzene rings is 3. The number of halogens is 2. The van der Waals surface area contributed by atoms with Crippen LogP contribution in [0.3, 0.4) is 0 Å². The lowest BCUT2D eigenvalue weighted by Gasteiger charge is -2.40. The predicted octanol–water partition coefficient (Wildman–Crippen LogP) is 4.54. The molecule has 1 aliphatic heterocycles. The van der Waals surface area contributed by atoms with Crippen LogP contribution in [0, 0.1) is 11.6 Å². The molecule has 0 bridgehead atoms. The molecule has 0 aromatic heterocycles. The standard InChI is InChI=1S/C26H24F2N2O5/c1-30-24(14-5-8-16(33-2)9-6-14)23(25(31)29-20-10-7-15(27)11-19(20)28)17-12-21(34-3)22(35-4)13-18(17)26(30)32/h5-13,23-24H,1-4H3,(H,29,31)/t23-,24+/m1/s1. The van der Waals surface area contributed by atoms with E-state index in [1.165, 1.54) is 32.3 Å². The van der Waals surface area contributed by atoms with Crippen LogP contribution in [0.2, 0.25) is 0 Å². The molecule has 0 aliphatic carbocycles. The maximum absolute atomic E-state index is 14.4. The topological polar surface area (TPSA) is 77.1 Å². The summed E-state index contributed by atoms with van der Waals surface area (Å²) in [4.78, 5) is 28.5. The van der Waals surface area contributed by atoms with E-state index in [4.69, 9.17) is 14.2 Å². The van der Waals surface area contributed by atoms with E-state index < -0.39 is 29.5 Å². The minimum absolute atomic E-state index is 0.175. The van der Waals surface area contributed by atoms with Crippen LogP contribution in [0.25, 0.3) is 0 Å². The fourth-order valence-corrected chi connectivity index (χ4v) is 4.35. The molecule has 0 saturated heterocycles. The molecule has 0 saturated carbocycles. The van der Waals surface area contributed by atoms with Crippen LogP contribution in [-0.2, 0) is 4.79 Å². The highest BCUT2D eigenvalue weighted by atomic mass is 19.1. The molecule has 182 valence electrons. The van der Waals surface area contributed by atoms with E-state index in [-0.39, 0.29) is 17.2 Å². The van der Waals surface area contributed by atoms with Crippen molar-refractivity contribution in [3.05, 3.63) is 82.9 Å². The number of carbonyl (C=O) groups is 2. The van der Waals surface area contributed by atoms with Gasteiger partial charge in [0.15, 0.2) is 11.5 Å². The van der Waals surface area contributed by atoms with Crippen molar-refractivity contribution in [2.24, 2.45) is 0 Å². The number of nitrogens with one attached hydrogen (secondary N) is 1. The van der Waals surface area contributed by atoms with Crippen molar-refractivity contribution in [3.8, 4) is 17.2 Å². The van der Waals surface area contributed by atoms with Gasteiger partial charge in [-0.15, -0.1) is 0 Å². The lowest BCUT2D eigenvalue weighted by Crippen LogP contribution is -2.44. The van der Waals surface area contributed by atoms with Gasteiger partial charge >= 0.3 is 0 Å². The van der Waals surface area contributed by atoms with Crippen LogP contribution in [0.5, 0.6) is 17.2 Å². The molecule has 4 rings (SSSR count). The summed E-state index contributed by atoms with van der Waals surface area (Å²) in [6.45, 7) is 0. The zero-order valence-corrected chi connectivity index (χ0v) is 19.6. The monoisotopic (exact) mass is 482 g/mol. The minimum atomic E-state index is -0.953. The molecule has 1 N–H and O–H groups in total. The highest BCUT2D eigenvalue weighted by Crippen LogP contribution is 2.46. The second kappa shape index (κ2) is 9.61. The van der Waals surface area contributed by atoms with Gasteiger partial charge in [0.2, 0.25) is 5.91 Å². The van der Waals surface area contributed by atoms with Gasteiger partial charge in [-0.3, -0.25) is 9.59 Å². The van der Waals surface area contributed by atoms with Gasteiger partial charge < -0.3 is 24.4 Å². The van der Waals surface area contributed by atoms with Crippen molar-refractivity contribution < 1.29 is 32.6 Å². The molecule has 0 radical (unpaired) electrons. The average Bonchev–Trinajstić information content (AvgIpc) is 2.86. The highest BCUT2D eigenvalue weighted by Gasteiger charge is 2.43. The number of nitrogens with zero attached hydrogens (tertiary/aromatic N) is 1. The van der Waals surface area contributed by atoms with Gasteiger partial charge in [0.05, 0.1) is 39.0 Å². The second-order valence-electron chi connectivity index (χ2n) is 8.02. The van der Waals surface area contributed by atoms with Crippen LogP contribution >= 0.6 is 0 Å². The lowest BCUT2D eigenvalue weighted by atomic mass is 9.79. The van der Waals surface area contributed by atoms with Gasteiger partial charge in [0.25, 0.3) is 5.91 Å². The molecule has 9 heteroatoms. The van der Waals surface area contributed by atoms with E-state index in [0.717, 1.165) is 12.1 Å². The molecule has 2 atom stereocenters. The number of hydrogen-bond donors (Lipinski definition) is 1. The third-order valence-corrected chi connectivity index (χ3v) is 6.10. The highest BCUT2D eigenvalue weighted by molar-refractivity contribution is 6.05. The van der Waals surface area contributed by atoms with E-state index >= 15 is 0 Å². The van der Waals surface area contributed by atoms with Gasteiger partial charge in [-0.1, -0.05) is 12.1 Å². The Kier molecular flexibility index (Phi) is 6.59. The number of ether oxygens (including phenoxy) is 3. The number of likely N-dealkylation sites (N-methyl/N-ethyl adjacent to an activating group) is 1. The van der Waals surface area contributed by atoms with Crippen molar-refractivity contribution in [2.45, 2.75) is 12.0 Å². The molecule has 0 fully saturated rings. The third kappa shape index (κ3) is 4.37. The zero-order chi connectivity index (χ0) is 25.3. The van der Waals surface area contributed by atoms with Crippen LogP contribution in [0.4, 0.5) is 14.5 Å². The Morgan fingerprint density at radius 3 is 2.17 bits per heavy atom. The van der Waals surface area contributed by atoms with Crippen molar-refractivity contribution >= 4 is 17.5 Å². The number of methoxy groups -OCH3 is 3. The molecule has 3 aromatic carbocycles. The quantitative estimate of drug-likeness (QED) is 0.558. The van der Waals surface area contributed by atoms with Crippen LogP contribution in [-0.4, -0.2) is 45.1 Å². The maximum Gasteiger partial charge on any atom is 0.254 e. The molecular weight excluding hydrogens is 458 g/mol. The first-order chi connectivity index (χ1) is 16.8. The zero-order valence-electron chi connectivity index (χ0n) is 19.6. The second-order valence-corrected chi connectivity index (χ2v) is 8.02. The first-order valence-electron chi connectivity index (χ1n) is 10.7. The average molecular weight is 482 g/mol. The number of hydrogen-bond acceptors (Lipinski definition) is 5. The Morgan fingerprint density at radius 1 is 0.914 bits per heavy atom. The largest absolute Gasteiger partial charge is 0.497 e. The first kappa shape index (κ1) is 24.0. The van der Waals surface area contributed by atoms with Crippen molar-refractivity contribution in [2.75, 3.05) is 33.7 Å². The molecule has 0 unspecified atom stereocenters. The van der Waals surface area contributed by atoms with Crippen molar-refractivity contribution in [3.63, 3.8) is 0 Å². The summed E-state index contributed by atoms with van der Waals surface area (Å²) in [5.74, 6) is -2.25. The molecule has 3 aromatic rings. The fourth-order valence-electron chi connectivity index (χ4n) is 4.35. The Bertz CT molecular complexity index is 1280. The number of fused-ring (bicyclic) bond motifs is 1. The smallest absolute Gasteiger partial charge is 0.254 e. The van der Waals surface area contributed by atoms with E-state index in [9.17, 15) is 18.4 Å². The Morgan fingerprint density at radius 2 is 1.57 bits per heavy atom. The molecule has 1 aliphatic rings. The summed E-state index contributed by atoms with van der Waals surface area (Å²) >= 11 is 0. The summed E-state index contributed by atoms with van der Waals surface area (Å²) in [7, 11) is 6.03. The first-order valence-corrected chi connectivity index (χ1v) is 10.7. The predicted molar refractivity (Wildman–Crippen MR) is 125 cm³/mol. The molecule has 1 heterocycles.